The van der Waals surface area contributed by atoms with Crippen molar-refractivity contribution < 1.29 is 0 Å². The van der Waals surface area contributed by atoms with Gasteiger partial charge in [-0.2, -0.15) is 0 Å². The van der Waals surface area contributed by atoms with Crippen LogP contribution in [0.4, 0.5) is 0 Å². The molecule has 0 spiro atoms. The van der Waals surface area contributed by atoms with E-state index in [0.717, 1.165) is 5.92 Å². The van der Waals surface area contributed by atoms with Gasteiger partial charge in [0.1, 0.15) is 0 Å². The van der Waals surface area contributed by atoms with E-state index in [1.165, 1.54) is 32.1 Å². The molecular formula is C11H21. The summed E-state index contributed by atoms with van der Waals surface area (Å²) < 4.78 is 0. The lowest BCUT2D eigenvalue weighted by atomic mass is 9.70. The predicted molar refractivity (Wildman–Crippen MR) is 50.3 cm³/mol. The van der Waals surface area contributed by atoms with Gasteiger partial charge in [0.2, 0.25) is 0 Å². The Bertz CT molecular complexity index is 107. The Morgan fingerprint density at radius 2 is 1.82 bits per heavy atom. The maximum absolute atomic E-state index is 2.45. The highest BCUT2D eigenvalue weighted by Crippen LogP contribution is 2.39. The van der Waals surface area contributed by atoms with E-state index in [0.29, 0.717) is 5.41 Å². The predicted octanol–water partition coefficient (Wildman–Crippen LogP) is 3.82. The molecule has 0 aliphatic heterocycles. The Kier molecular flexibility index (Phi) is 2.98. The third-order valence-electron chi connectivity index (χ3n) is 3.45. The number of hydrogen-bond acceptors (Lipinski definition) is 0. The summed E-state index contributed by atoms with van der Waals surface area (Å²) in [4.78, 5) is 0. The van der Waals surface area contributed by atoms with Crippen LogP contribution in [-0.4, -0.2) is 0 Å². The van der Waals surface area contributed by atoms with Crippen molar-refractivity contribution in [2.24, 2.45) is 11.3 Å². The van der Waals surface area contributed by atoms with Crippen molar-refractivity contribution in [2.75, 3.05) is 0 Å². The molecule has 1 saturated carbocycles. The van der Waals surface area contributed by atoms with E-state index in [1.807, 2.05) is 0 Å². The molecule has 0 aromatic carbocycles. The van der Waals surface area contributed by atoms with Crippen LogP contribution in [0.3, 0.4) is 0 Å². The lowest BCUT2D eigenvalue weighted by Gasteiger charge is -2.36. The summed E-state index contributed by atoms with van der Waals surface area (Å²) in [5.74, 6) is 0.984. The van der Waals surface area contributed by atoms with Gasteiger partial charge in [0.25, 0.3) is 0 Å². The summed E-state index contributed by atoms with van der Waals surface area (Å²) in [6, 6.07) is 0. The second kappa shape index (κ2) is 3.60. The fourth-order valence-corrected chi connectivity index (χ4v) is 2.00. The van der Waals surface area contributed by atoms with Crippen molar-refractivity contribution in [3.63, 3.8) is 0 Å². The minimum absolute atomic E-state index is 0.592. The molecule has 0 heteroatoms. The summed E-state index contributed by atoms with van der Waals surface area (Å²) in [6.45, 7) is 7.16. The molecule has 0 saturated heterocycles. The zero-order valence-corrected chi connectivity index (χ0v) is 8.19. The second-order valence-corrected chi connectivity index (χ2v) is 4.48. The molecule has 65 valence electrons. The maximum Gasteiger partial charge on any atom is -0.0329 e. The molecule has 1 aliphatic rings. The van der Waals surface area contributed by atoms with Gasteiger partial charge in [-0.05, 0) is 43.4 Å². The summed E-state index contributed by atoms with van der Waals surface area (Å²) in [5.41, 5.74) is 0.592. The molecule has 0 aromatic rings. The largest absolute Gasteiger partial charge is 0.0649 e. The van der Waals surface area contributed by atoms with Gasteiger partial charge in [-0.15, -0.1) is 0 Å². The van der Waals surface area contributed by atoms with Gasteiger partial charge in [0.05, 0.1) is 0 Å². The lowest BCUT2D eigenvalue weighted by Crippen LogP contribution is -2.25. The Balaban J connectivity index is 2.43. The Morgan fingerprint density at radius 3 is 2.27 bits per heavy atom. The average molecular weight is 153 g/mol. The molecule has 0 heterocycles. The quantitative estimate of drug-likeness (QED) is 0.566. The molecule has 1 aliphatic carbocycles. The van der Waals surface area contributed by atoms with Gasteiger partial charge in [-0.3, -0.25) is 0 Å². The molecule has 1 rings (SSSR count). The second-order valence-electron chi connectivity index (χ2n) is 4.48. The molecule has 0 bridgehead atoms. The summed E-state index contributed by atoms with van der Waals surface area (Å²) in [6.07, 6.45) is 9.35. The van der Waals surface area contributed by atoms with Gasteiger partial charge < -0.3 is 0 Å². The highest BCUT2D eigenvalue weighted by atomic mass is 14.3. The molecule has 11 heavy (non-hydrogen) atoms. The van der Waals surface area contributed by atoms with Crippen LogP contribution in [0.1, 0.15) is 52.9 Å². The molecule has 0 aromatic heterocycles. The van der Waals surface area contributed by atoms with E-state index < -0.39 is 0 Å². The van der Waals surface area contributed by atoms with Crippen LogP contribution in [0.5, 0.6) is 0 Å². The van der Waals surface area contributed by atoms with Gasteiger partial charge in [-0.1, -0.05) is 27.2 Å². The Labute approximate surface area is 71.4 Å². The van der Waals surface area contributed by atoms with Crippen molar-refractivity contribution in [2.45, 2.75) is 52.9 Å². The topological polar surface area (TPSA) is 0 Å². The monoisotopic (exact) mass is 153 g/mol. The van der Waals surface area contributed by atoms with E-state index in [2.05, 4.69) is 27.2 Å². The van der Waals surface area contributed by atoms with Crippen LogP contribution < -0.4 is 0 Å². The van der Waals surface area contributed by atoms with E-state index in [9.17, 15) is 0 Å². The minimum atomic E-state index is 0.592. The average Bonchev–Trinajstić information content (AvgIpc) is 2.06. The lowest BCUT2D eigenvalue weighted by molar-refractivity contribution is 0.166. The summed E-state index contributed by atoms with van der Waals surface area (Å²) >= 11 is 0. The first kappa shape index (κ1) is 9.09. The van der Waals surface area contributed by atoms with Gasteiger partial charge in [-0.25, -0.2) is 0 Å². The molecule has 0 nitrogen and oxygen atoms in total. The van der Waals surface area contributed by atoms with Crippen molar-refractivity contribution in [3.8, 4) is 0 Å². The van der Waals surface area contributed by atoms with Crippen LogP contribution in [-0.2, 0) is 0 Å². The first-order valence-corrected chi connectivity index (χ1v) is 4.98. The third-order valence-corrected chi connectivity index (χ3v) is 3.45. The third kappa shape index (κ3) is 2.21. The first-order valence-electron chi connectivity index (χ1n) is 4.98. The van der Waals surface area contributed by atoms with Crippen LogP contribution in [0.2, 0.25) is 0 Å². The van der Waals surface area contributed by atoms with Crippen molar-refractivity contribution >= 4 is 0 Å². The zero-order chi connectivity index (χ0) is 8.32. The van der Waals surface area contributed by atoms with Crippen molar-refractivity contribution in [1.29, 1.82) is 0 Å². The highest BCUT2D eigenvalue weighted by Gasteiger charge is 2.28. The number of rotatable bonds is 2. The highest BCUT2D eigenvalue weighted by molar-refractivity contribution is 4.84. The fourth-order valence-electron chi connectivity index (χ4n) is 2.00. The van der Waals surface area contributed by atoms with Gasteiger partial charge in [0.15, 0.2) is 0 Å². The van der Waals surface area contributed by atoms with Crippen molar-refractivity contribution in [3.05, 3.63) is 6.42 Å². The van der Waals surface area contributed by atoms with E-state index in [4.69, 9.17) is 0 Å². The summed E-state index contributed by atoms with van der Waals surface area (Å²) in [7, 11) is 0. The van der Waals surface area contributed by atoms with E-state index in [-0.39, 0.29) is 0 Å². The molecule has 0 amide bonds. The summed E-state index contributed by atoms with van der Waals surface area (Å²) in [5, 5.41) is 0. The first-order chi connectivity index (χ1) is 5.17. The molecule has 0 atom stereocenters. The Morgan fingerprint density at radius 1 is 1.27 bits per heavy atom. The van der Waals surface area contributed by atoms with Gasteiger partial charge in [0, 0.05) is 0 Å². The minimum Gasteiger partial charge on any atom is -0.0649 e. The molecular weight excluding hydrogens is 132 g/mol. The molecule has 1 radical (unpaired) electrons. The molecule has 1 fully saturated rings. The van der Waals surface area contributed by atoms with Crippen molar-refractivity contribution in [1.82, 2.24) is 0 Å². The Hall–Kier alpha value is 0. The molecule has 0 unspecified atom stereocenters. The fraction of sp³-hybridized carbons (Fsp3) is 0.909. The zero-order valence-electron chi connectivity index (χ0n) is 8.19. The van der Waals surface area contributed by atoms with Gasteiger partial charge >= 0.3 is 0 Å². The van der Waals surface area contributed by atoms with E-state index in [1.54, 1.807) is 0 Å². The molecule has 0 N–H and O–H groups in total. The van der Waals surface area contributed by atoms with Crippen LogP contribution in [0, 0.1) is 17.8 Å². The van der Waals surface area contributed by atoms with Crippen LogP contribution >= 0.6 is 0 Å². The SMILES string of the molecule is CCC(C)(C)C1CC[CH]CC1. The van der Waals surface area contributed by atoms with Crippen LogP contribution in [0.15, 0.2) is 0 Å². The normalized spacial score (nSPS) is 22.1. The maximum atomic E-state index is 2.45. The van der Waals surface area contributed by atoms with E-state index >= 15 is 0 Å². The smallest absolute Gasteiger partial charge is 0.0329 e. The van der Waals surface area contributed by atoms with Crippen LogP contribution in [0.25, 0.3) is 0 Å². The standard InChI is InChI=1S/C11H21/c1-4-11(2,3)10-8-6-5-7-9-10/h5,10H,4,6-9H2,1-3H3. The number of hydrogen-bond donors (Lipinski definition) is 0.